The Morgan fingerprint density at radius 2 is 2.04 bits per heavy atom. The number of alkyl halides is 3. The molecule has 1 saturated carbocycles. The van der Waals surface area contributed by atoms with Crippen molar-refractivity contribution in [3.63, 3.8) is 0 Å². The second-order valence-electron chi connectivity index (χ2n) is 5.75. The molecule has 1 aromatic carbocycles. The highest BCUT2D eigenvalue weighted by Crippen LogP contribution is 2.47. The average Bonchev–Trinajstić information content (AvgIpc) is 3.25. The van der Waals surface area contributed by atoms with E-state index in [2.05, 4.69) is 10.1 Å². The molecule has 7 heteroatoms. The minimum Gasteiger partial charge on any atom is -0.406 e. The smallest absolute Gasteiger partial charge is 0.406 e. The van der Waals surface area contributed by atoms with Crippen LogP contribution < -0.4 is 10.1 Å². The van der Waals surface area contributed by atoms with Crippen LogP contribution in [0.2, 0.25) is 0 Å². The Labute approximate surface area is 132 Å². The highest BCUT2D eigenvalue weighted by Gasteiger charge is 2.43. The van der Waals surface area contributed by atoms with Gasteiger partial charge in [0.25, 0.3) is 0 Å². The van der Waals surface area contributed by atoms with Crippen LogP contribution in [0.1, 0.15) is 37.7 Å². The first-order valence-corrected chi connectivity index (χ1v) is 7.61. The van der Waals surface area contributed by atoms with E-state index in [-0.39, 0.29) is 30.0 Å². The number of aliphatic hydroxyl groups is 1. The summed E-state index contributed by atoms with van der Waals surface area (Å²) >= 11 is 0. The number of hydrogen-bond donors (Lipinski definition) is 2. The molecule has 4 nitrogen and oxygen atoms in total. The summed E-state index contributed by atoms with van der Waals surface area (Å²) in [6.07, 6.45) is -3.11. The molecule has 0 saturated heterocycles. The van der Waals surface area contributed by atoms with Gasteiger partial charge in [0.05, 0.1) is 6.10 Å². The minimum atomic E-state index is -4.71. The summed E-state index contributed by atoms with van der Waals surface area (Å²) in [4.78, 5) is 12.0. The number of aliphatic hydroxyl groups excluding tert-OH is 1. The maximum Gasteiger partial charge on any atom is 0.573 e. The molecule has 3 atom stereocenters. The quantitative estimate of drug-likeness (QED) is 0.808. The molecular formula is C16H20F3NO3. The number of benzene rings is 1. The summed E-state index contributed by atoms with van der Waals surface area (Å²) in [6.45, 7) is 2.18. The van der Waals surface area contributed by atoms with E-state index in [9.17, 15) is 23.1 Å². The first-order chi connectivity index (χ1) is 10.8. The van der Waals surface area contributed by atoms with Gasteiger partial charge >= 0.3 is 6.36 Å². The number of carbonyl (C=O) groups excluding carboxylic acids is 1. The van der Waals surface area contributed by atoms with Crippen LogP contribution in [0.25, 0.3) is 0 Å². The van der Waals surface area contributed by atoms with Crippen LogP contribution >= 0.6 is 0 Å². The molecule has 1 fully saturated rings. The van der Waals surface area contributed by atoms with Gasteiger partial charge in [0.1, 0.15) is 5.75 Å². The van der Waals surface area contributed by atoms with E-state index in [1.807, 2.05) is 6.92 Å². The summed E-state index contributed by atoms with van der Waals surface area (Å²) in [5, 5.41) is 12.3. The highest BCUT2D eigenvalue weighted by atomic mass is 19.4. The third-order valence-corrected chi connectivity index (χ3v) is 3.80. The summed E-state index contributed by atoms with van der Waals surface area (Å²) in [6, 6.07) is 5.60. The number of carbonyl (C=O) groups is 1. The molecule has 1 aliphatic rings. The number of rotatable bonds is 7. The molecule has 3 unspecified atom stereocenters. The van der Waals surface area contributed by atoms with Gasteiger partial charge in [-0.3, -0.25) is 4.79 Å². The lowest BCUT2D eigenvalue weighted by atomic mass is 10.1. The molecule has 128 valence electrons. The standard InChI is InChI=1S/C16H20F3NO3/c1-2-3-11(21)9-20-15(22)14-8-13(14)10-4-6-12(7-5-10)23-16(17,18)19/h4-7,11,13-14,21H,2-3,8-9H2,1H3,(H,20,22). The Hall–Kier alpha value is -1.76. The lowest BCUT2D eigenvalue weighted by molar-refractivity contribution is -0.274. The maximum atomic E-state index is 12.1. The normalized spacial score (nSPS) is 21.6. The Morgan fingerprint density at radius 1 is 1.39 bits per heavy atom. The Kier molecular flexibility index (Phi) is 5.51. The maximum absolute atomic E-state index is 12.1. The number of halogens is 3. The Bertz CT molecular complexity index is 530. The monoisotopic (exact) mass is 331 g/mol. The van der Waals surface area contributed by atoms with Crippen molar-refractivity contribution in [3.8, 4) is 5.75 Å². The van der Waals surface area contributed by atoms with Crippen LogP contribution in [0.4, 0.5) is 13.2 Å². The van der Waals surface area contributed by atoms with Crippen LogP contribution in [-0.4, -0.2) is 30.0 Å². The lowest BCUT2D eigenvalue weighted by Crippen LogP contribution is -2.33. The fourth-order valence-corrected chi connectivity index (χ4v) is 2.55. The third-order valence-electron chi connectivity index (χ3n) is 3.80. The largest absolute Gasteiger partial charge is 0.573 e. The molecule has 0 heterocycles. The molecule has 2 rings (SSSR count). The van der Waals surface area contributed by atoms with Crippen LogP contribution in [0.5, 0.6) is 5.75 Å². The van der Waals surface area contributed by atoms with Gasteiger partial charge in [-0.05, 0) is 36.5 Å². The number of hydrogen-bond acceptors (Lipinski definition) is 3. The Balaban J connectivity index is 1.82. The van der Waals surface area contributed by atoms with E-state index < -0.39 is 12.5 Å². The first kappa shape index (κ1) is 17.6. The summed E-state index contributed by atoms with van der Waals surface area (Å²) in [5.74, 6) is -0.567. The van der Waals surface area contributed by atoms with Crippen molar-refractivity contribution in [3.05, 3.63) is 29.8 Å². The molecule has 1 amide bonds. The van der Waals surface area contributed by atoms with Gasteiger partial charge in [0.15, 0.2) is 0 Å². The van der Waals surface area contributed by atoms with Crippen LogP contribution in [-0.2, 0) is 4.79 Å². The van der Waals surface area contributed by atoms with Crippen LogP contribution in [0, 0.1) is 5.92 Å². The highest BCUT2D eigenvalue weighted by molar-refractivity contribution is 5.82. The topological polar surface area (TPSA) is 58.6 Å². The molecule has 0 bridgehead atoms. The van der Waals surface area contributed by atoms with Crippen molar-refractivity contribution in [1.82, 2.24) is 5.32 Å². The number of amides is 1. The van der Waals surface area contributed by atoms with Crippen molar-refractivity contribution in [2.24, 2.45) is 5.92 Å². The van der Waals surface area contributed by atoms with Gasteiger partial charge < -0.3 is 15.2 Å². The first-order valence-electron chi connectivity index (χ1n) is 7.61. The number of ether oxygens (including phenoxy) is 1. The van der Waals surface area contributed by atoms with Crippen LogP contribution in [0.15, 0.2) is 24.3 Å². The Morgan fingerprint density at radius 3 is 2.61 bits per heavy atom. The zero-order valence-corrected chi connectivity index (χ0v) is 12.8. The minimum absolute atomic E-state index is 0.0123. The van der Waals surface area contributed by atoms with Crippen molar-refractivity contribution < 1.29 is 27.8 Å². The van der Waals surface area contributed by atoms with Gasteiger partial charge in [-0.15, -0.1) is 13.2 Å². The molecule has 2 N–H and O–H groups in total. The molecule has 0 aliphatic heterocycles. The molecular weight excluding hydrogens is 311 g/mol. The predicted molar refractivity (Wildman–Crippen MR) is 77.9 cm³/mol. The molecule has 0 aromatic heterocycles. The van der Waals surface area contributed by atoms with Crippen molar-refractivity contribution in [2.45, 2.75) is 44.6 Å². The summed E-state index contributed by atoms with van der Waals surface area (Å²) in [5.41, 5.74) is 0.814. The zero-order chi connectivity index (χ0) is 17.0. The second-order valence-corrected chi connectivity index (χ2v) is 5.75. The van der Waals surface area contributed by atoms with E-state index in [0.29, 0.717) is 12.8 Å². The summed E-state index contributed by atoms with van der Waals surface area (Å²) in [7, 11) is 0. The fourth-order valence-electron chi connectivity index (χ4n) is 2.55. The summed E-state index contributed by atoms with van der Waals surface area (Å²) < 4.78 is 40.1. The molecule has 1 aromatic rings. The van der Waals surface area contributed by atoms with Gasteiger partial charge in [-0.25, -0.2) is 0 Å². The van der Waals surface area contributed by atoms with Gasteiger partial charge in [0, 0.05) is 12.5 Å². The zero-order valence-electron chi connectivity index (χ0n) is 12.8. The SMILES string of the molecule is CCCC(O)CNC(=O)C1CC1c1ccc(OC(F)(F)F)cc1. The van der Waals surface area contributed by atoms with Crippen LogP contribution in [0.3, 0.4) is 0 Å². The molecule has 0 spiro atoms. The van der Waals surface area contributed by atoms with Gasteiger partial charge in [-0.2, -0.15) is 0 Å². The molecule has 23 heavy (non-hydrogen) atoms. The predicted octanol–water partition coefficient (Wildman–Crippen LogP) is 2.97. The lowest BCUT2D eigenvalue weighted by Gasteiger charge is -2.11. The van der Waals surface area contributed by atoms with Crippen molar-refractivity contribution in [2.75, 3.05) is 6.54 Å². The van der Waals surface area contributed by atoms with E-state index in [4.69, 9.17) is 0 Å². The fraction of sp³-hybridized carbons (Fsp3) is 0.562. The second kappa shape index (κ2) is 7.21. The third kappa shape index (κ3) is 5.42. The van der Waals surface area contributed by atoms with Crippen molar-refractivity contribution >= 4 is 5.91 Å². The van der Waals surface area contributed by atoms with Gasteiger partial charge in [0.2, 0.25) is 5.91 Å². The van der Waals surface area contributed by atoms with E-state index >= 15 is 0 Å². The van der Waals surface area contributed by atoms with E-state index in [1.165, 1.54) is 12.1 Å². The van der Waals surface area contributed by atoms with Crippen molar-refractivity contribution in [1.29, 1.82) is 0 Å². The molecule has 1 aliphatic carbocycles. The number of nitrogens with one attached hydrogen (secondary N) is 1. The van der Waals surface area contributed by atoms with Gasteiger partial charge in [-0.1, -0.05) is 25.5 Å². The molecule has 0 radical (unpaired) electrons. The van der Waals surface area contributed by atoms with E-state index in [1.54, 1.807) is 12.1 Å². The average molecular weight is 331 g/mol. The van der Waals surface area contributed by atoms with E-state index in [0.717, 1.165) is 12.0 Å².